The first-order valence-corrected chi connectivity index (χ1v) is 11.6. The van der Waals surface area contributed by atoms with Crippen molar-refractivity contribution in [3.63, 3.8) is 0 Å². The highest BCUT2D eigenvalue weighted by Gasteiger charge is 2.66. The topological polar surface area (TPSA) is 159 Å². The highest BCUT2D eigenvalue weighted by molar-refractivity contribution is 8.01. The van der Waals surface area contributed by atoms with Crippen LogP contribution in [0.3, 0.4) is 0 Å². The lowest BCUT2D eigenvalue weighted by Gasteiger charge is -2.55. The number of thioether (sulfide) groups is 2. The number of nitrogens with one attached hydrogen (secondary N) is 1. The Morgan fingerprint density at radius 3 is 2.77 bits per heavy atom. The fraction of sp³-hybridized carbons (Fsp3) is 0.500. The number of carboxylic acids is 2. The van der Waals surface area contributed by atoms with Crippen LogP contribution in [0.25, 0.3) is 0 Å². The van der Waals surface area contributed by atoms with E-state index in [-0.39, 0.29) is 25.0 Å². The highest BCUT2D eigenvalue weighted by atomic mass is 32.2. The third-order valence-electron chi connectivity index (χ3n) is 4.46. The van der Waals surface area contributed by atoms with Crippen molar-refractivity contribution in [3.8, 4) is 0 Å². The molecule has 1 saturated heterocycles. The monoisotopic (exact) mass is 474 g/mol. The Balaban J connectivity index is 1.74. The van der Waals surface area contributed by atoms with Gasteiger partial charge in [0.1, 0.15) is 16.6 Å². The van der Waals surface area contributed by atoms with Gasteiger partial charge in [-0.3, -0.25) is 19.3 Å². The standard InChI is InChI=1S/C16H18N4O7S3/c1-27-16(18-9(21)3-2-4-10(22)23)13(26)20-11(12(24)25)8(5-28-14(16)20)6-29-15-19-17-7-30-15/h7,14H,2-6H2,1H3,(H,18,21)(H,22,23)(H,24,25). The van der Waals surface area contributed by atoms with Crippen LogP contribution in [0.5, 0.6) is 0 Å². The van der Waals surface area contributed by atoms with Gasteiger partial charge in [0, 0.05) is 31.5 Å². The van der Waals surface area contributed by atoms with Crippen molar-refractivity contribution in [2.24, 2.45) is 0 Å². The van der Waals surface area contributed by atoms with Crippen LogP contribution >= 0.6 is 34.9 Å². The van der Waals surface area contributed by atoms with Gasteiger partial charge < -0.3 is 20.3 Å². The molecule has 11 nitrogen and oxygen atoms in total. The number of ether oxygens (including phenoxy) is 1. The summed E-state index contributed by atoms with van der Waals surface area (Å²) < 4.78 is 6.03. The maximum absolute atomic E-state index is 12.9. The molecule has 3 heterocycles. The number of fused-ring (bicyclic) bond motifs is 1. The molecule has 0 radical (unpaired) electrons. The van der Waals surface area contributed by atoms with E-state index in [1.165, 1.54) is 42.0 Å². The number of hydrogen-bond acceptors (Lipinski definition) is 10. The van der Waals surface area contributed by atoms with Gasteiger partial charge in [0.05, 0.1) is 0 Å². The van der Waals surface area contributed by atoms with Crippen molar-refractivity contribution >= 4 is 58.6 Å². The number of nitrogens with zero attached hydrogens (tertiary/aromatic N) is 3. The summed E-state index contributed by atoms with van der Waals surface area (Å²) in [7, 11) is 1.26. The van der Waals surface area contributed by atoms with Gasteiger partial charge in [-0.2, -0.15) is 0 Å². The van der Waals surface area contributed by atoms with Crippen LogP contribution in [-0.4, -0.2) is 78.8 Å². The molecule has 2 aliphatic heterocycles. The van der Waals surface area contributed by atoms with E-state index in [0.29, 0.717) is 21.4 Å². The Morgan fingerprint density at radius 1 is 1.40 bits per heavy atom. The highest BCUT2D eigenvalue weighted by Crippen LogP contribution is 2.47. The quantitative estimate of drug-likeness (QED) is 0.247. The van der Waals surface area contributed by atoms with E-state index in [1.807, 2.05) is 0 Å². The number of hydrogen-bond donors (Lipinski definition) is 3. The number of carboxylic acid groups (broad SMARTS) is 2. The number of aromatic nitrogens is 2. The molecule has 2 unspecified atom stereocenters. The summed E-state index contributed by atoms with van der Waals surface area (Å²) in [4.78, 5) is 48.8. The van der Waals surface area contributed by atoms with Gasteiger partial charge in [0.2, 0.25) is 5.91 Å². The van der Waals surface area contributed by atoms with Crippen molar-refractivity contribution in [1.82, 2.24) is 20.4 Å². The van der Waals surface area contributed by atoms with E-state index in [2.05, 4.69) is 15.5 Å². The molecule has 0 aromatic carbocycles. The van der Waals surface area contributed by atoms with Crippen LogP contribution in [-0.2, 0) is 23.9 Å². The molecule has 30 heavy (non-hydrogen) atoms. The predicted octanol–water partition coefficient (Wildman–Crippen LogP) is 0.598. The normalized spacial score (nSPS) is 23.0. The number of β-lactam (4-membered cyclic amide) rings is 1. The zero-order chi connectivity index (χ0) is 21.9. The van der Waals surface area contributed by atoms with Crippen LogP contribution in [0.1, 0.15) is 19.3 Å². The van der Waals surface area contributed by atoms with Crippen LogP contribution in [0.15, 0.2) is 21.1 Å². The van der Waals surface area contributed by atoms with Crippen molar-refractivity contribution < 1.29 is 34.1 Å². The molecule has 3 rings (SSSR count). The van der Waals surface area contributed by atoms with E-state index in [0.717, 1.165) is 4.90 Å². The SMILES string of the molecule is COC1(NC(=O)CCCC(=O)O)C(=O)N2C(C(=O)O)=C(CSc3nncs3)CSC21. The molecular formula is C16H18N4O7S3. The van der Waals surface area contributed by atoms with E-state index in [4.69, 9.17) is 9.84 Å². The summed E-state index contributed by atoms with van der Waals surface area (Å²) in [5, 5.41) is 27.8. The number of aliphatic carboxylic acids is 2. The Morgan fingerprint density at radius 2 is 2.17 bits per heavy atom. The number of carbonyl (C=O) groups excluding carboxylic acids is 2. The first-order valence-electron chi connectivity index (χ1n) is 8.67. The van der Waals surface area contributed by atoms with Crippen LogP contribution < -0.4 is 5.32 Å². The number of carbonyl (C=O) groups is 4. The average molecular weight is 475 g/mol. The minimum atomic E-state index is -1.68. The van der Waals surface area contributed by atoms with E-state index < -0.39 is 34.9 Å². The molecule has 0 aliphatic carbocycles. The molecule has 162 valence electrons. The number of rotatable bonds is 10. The van der Waals surface area contributed by atoms with Crippen molar-refractivity contribution in [1.29, 1.82) is 0 Å². The van der Waals surface area contributed by atoms with Crippen LogP contribution in [0.2, 0.25) is 0 Å². The second-order valence-corrected chi connectivity index (χ2v) is 9.45. The fourth-order valence-corrected chi connectivity index (χ4v) is 6.16. The fourth-order valence-electron chi connectivity index (χ4n) is 3.10. The van der Waals surface area contributed by atoms with E-state index >= 15 is 0 Å². The lowest BCUT2D eigenvalue weighted by molar-refractivity contribution is -0.192. The summed E-state index contributed by atoms with van der Waals surface area (Å²) in [6.45, 7) is 0. The smallest absolute Gasteiger partial charge is 0.352 e. The Bertz CT molecular complexity index is 891. The molecule has 1 fully saturated rings. The molecule has 14 heteroatoms. The summed E-state index contributed by atoms with van der Waals surface area (Å²) in [5.41, 5.74) is 0.345. The molecule has 2 amide bonds. The molecule has 2 atom stereocenters. The van der Waals surface area contributed by atoms with Crippen LogP contribution in [0, 0.1) is 0 Å². The molecule has 1 aromatic rings. The zero-order valence-corrected chi connectivity index (χ0v) is 18.1. The second-order valence-electron chi connectivity index (χ2n) is 6.32. The number of methoxy groups -OCH3 is 1. The lowest BCUT2D eigenvalue weighted by Crippen LogP contribution is -2.80. The lowest BCUT2D eigenvalue weighted by atomic mass is 9.98. The van der Waals surface area contributed by atoms with E-state index in [9.17, 15) is 24.3 Å². The largest absolute Gasteiger partial charge is 0.481 e. The minimum Gasteiger partial charge on any atom is -0.481 e. The van der Waals surface area contributed by atoms with Crippen LogP contribution in [0.4, 0.5) is 0 Å². The molecular weight excluding hydrogens is 456 g/mol. The zero-order valence-electron chi connectivity index (χ0n) is 15.7. The number of amides is 2. The van der Waals surface area contributed by atoms with Gasteiger partial charge >= 0.3 is 11.9 Å². The summed E-state index contributed by atoms with van der Waals surface area (Å²) in [5.74, 6) is -2.80. The van der Waals surface area contributed by atoms with Gasteiger partial charge in [-0.15, -0.1) is 22.0 Å². The van der Waals surface area contributed by atoms with Crippen molar-refractivity contribution in [3.05, 3.63) is 16.8 Å². The first kappa shape index (κ1) is 22.5. The maximum Gasteiger partial charge on any atom is 0.352 e. The van der Waals surface area contributed by atoms with Gasteiger partial charge in [-0.05, 0) is 12.0 Å². The summed E-state index contributed by atoms with van der Waals surface area (Å²) in [6, 6.07) is 0. The van der Waals surface area contributed by atoms with E-state index in [1.54, 1.807) is 5.51 Å². The molecule has 0 saturated carbocycles. The Hall–Kier alpha value is -2.16. The second kappa shape index (κ2) is 9.32. The minimum absolute atomic E-state index is 0.0898. The third kappa shape index (κ3) is 4.31. The van der Waals surface area contributed by atoms with Gasteiger partial charge in [-0.25, -0.2) is 4.79 Å². The molecule has 3 N–H and O–H groups in total. The molecule has 0 bridgehead atoms. The average Bonchev–Trinajstić information content (AvgIpc) is 3.22. The van der Waals surface area contributed by atoms with Gasteiger partial charge in [0.15, 0.2) is 4.34 Å². The predicted molar refractivity (Wildman–Crippen MR) is 108 cm³/mol. The molecule has 0 spiro atoms. The molecule has 2 aliphatic rings. The van der Waals surface area contributed by atoms with Crippen molar-refractivity contribution in [2.45, 2.75) is 34.7 Å². The van der Waals surface area contributed by atoms with Crippen molar-refractivity contribution in [2.75, 3.05) is 18.6 Å². The third-order valence-corrected chi connectivity index (χ3v) is 7.78. The van der Waals surface area contributed by atoms with Gasteiger partial charge in [-0.1, -0.05) is 23.1 Å². The maximum atomic E-state index is 12.9. The van der Waals surface area contributed by atoms with Gasteiger partial charge in [0.25, 0.3) is 11.6 Å². The Labute approximate surface area is 183 Å². The molecule has 1 aromatic heterocycles. The summed E-state index contributed by atoms with van der Waals surface area (Å²) in [6.07, 6.45) is -0.148. The summed E-state index contributed by atoms with van der Waals surface area (Å²) >= 11 is 3.96. The first-order chi connectivity index (χ1) is 14.3. The Kier molecular flexibility index (Phi) is 7.00.